The van der Waals surface area contributed by atoms with Crippen LogP contribution in [0, 0.1) is 5.92 Å². The predicted molar refractivity (Wildman–Crippen MR) is 134 cm³/mol. The summed E-state index contributed by atoms with van der Waals surface area (Å²) in [6.45, 7) is 1.17. The minimum Gasteiger partial charge on any atom is -0.397 e. The Morgan fingerprint density at radius 1 is 1.09 bits per heavy atom. The van der Waals surface area contributed by atoms with Crippen molar-refractivity contribution >= 4 is 22.7 Å². The first kappa shape index (κ1) is 24.0. The van der Waals surface area contributed by atoms with Gasteiger partial charge in [-0.1, -0.05) is 62.4 Å². The molecule has 2 aromatic heterocycles. The fraction of sp³-hybridized carbons (Fsp3) is 0.538. The SMILES string of the molecule is Nc1cc(N(CCC2CCCCC2)Cc2ccccc2)nc2c1ncn2[C@@H]1O[C@H](CO)[C@@H](O)[C@H]1O. The van der Waals surface area contributed by atoms with Crippen LogP contribution in [0.25, 0.3) is 11.2 Å². The van der Waals surface area contributed by atoms with Crippen LogP contribution in [-0.4, -0.2) is 61.3 Å². The number of fused-ring (bicyclic) bond motifs is 1. The van der Waals surface area contributed by atoms with Crippen LogP contribution in [-0.2, 0) is 11.3 Å². The van der Waals surface area contributed by atoms with Crippen molar-refractivity contribution in [1.29, 1.82) is 0 Å². The molecule has 1 saturated heterocycles. The van der Waals surface area contributed by atoms with E-state index in [0.717, 1.165) is 24.7 Å². The Balaban J connectivity index is 1.47. The standard InChI is InChI=1S/C26H35N5O4/c27-19-13-21(29-25-22(19)28-16-31(25)26-24(34)23(33)20(15-32)35-26)30(14-18-9-5-2-6-10-18)12-11-17-7-3-1-4-8-17/h2,5-6,9-10,13,16-17,20,23-24,26,32-34H,1,3-4,7-8,11-12,14-15H2,(H2,27,29)/t20-,23-,24-,26-/m1/s1. The number of rotatable bonds is 8. The van der Waals surface area contributed by atoms with E-state index < -0.39 is 31.1 Å². The molecule has 4 atom stereocenters. The molecule has 1 aromatic carbocycles. The third-order valence-electron chi connectivity index (χ3n) is 7.41. The highest BCUT2D eigenvalue weighted by Crippen LogP contribution is 2.34. The summed E-state index contributed by atoms with van der Waals surface area (Å²) >= 11 is 0. The van der Waals surface area contributed by atoms with Crippen LogP contribution < -0.4 is 10.6 Å². The van der Waals surface area contributed by atoms with Crippen LogP contribution in [0.5, 0.6) is 0 Å². The topological polar surface area (TPSA) is 130 Å². The van der Waals surface area contributed by atoms with Crippen LogP contribution in [0.15, 0.2) is 42.7 Å². The van der Waals surface area contributed by atoms with Crippen molar-refractivity contribution in [3.8, 4) is 0 Å². The second kappa shape index (κ2) is 10.5. The molecule has 2 fully saturated rings. The summed E-state index contributed by atoms with van der Waals surface area (Å²) in [4.78, 5) is 11.6. The molecular weight excluding hydrogens is 446 g/mol. The lowest BCUT2D eigenvalue weighted by Gasteiger charge is -2.28. The van der Waals surface area contributed by atoms with E-state index in [9.17, 15) is 15.3 Å². The summed E-state index contributed by atoms with van der Waals surface area (Å²) in [7, 11) is 0. The van der Waals surface area contributed by atoms with Gasteiger partial charge >= 0.3 is 0 Å². The summed E-state index contributed by atoms with van der Waals surface area (Å²) < 4.78 is 7.33. The molecule has 1 aliphatic carbocycles. The van der Waals surface area contributed by atoms with Gasteiger partial charge in [0.15, 0.2) is 11.9 Å². The van der Waals surface area contributed by atoms with Crippen molar-refractivity contribution in [3.63, 3.8) is 0 Å². The summed E-state index contributed by atoms with van der Waals surface area (Å²) in [5.74, 6) is 1.47. The van der Waals surface area contributed by atoms with E-state index in [1.165, 1.54) is 44.0 Å². The number of imidazole rings is 1. The van der Waals surface area contributed by atoms with Crippen molar-refractivity contribution < 1.29 is 20.1 Å². The Morgan fingerprint density at radius 3 is 2.57 bits per heavy atom. The molecule has 3 aromatic rings. The van der Waals surface area contributed by atoms with Gasteiger partial charge < -0.3 is 30.7 Å². The highest BCUT2D eigenvalue weighted by Gasteiger charge is 2.44. The van der Waals surface area contributed by atoms with Gasteiger partial charge in [0.2, 0.25) is 0 Å². The number of aromatic nitrogens is 3. The lowest BCUT2D eigenvalue weighted by atomic mass is 9.87. The van der Waals surface area contributed by atoms with Crippen molar-refractivity contribution in [2.75, 3.05) is 23.8 Å². The number of aliphatic hydroxyl groups is 3. The minimum absolute atomic E-state index is 0.395. The third-order valence-corrected chi connectivity index (χ3v) is 7.41. The zero-order valence-electron chi connectivity index (χ0n) is 19.9. The number of hydrogen-bond acceptors (Lipinski definition) is 8. The van der Waals surface area contributed by atoms with E-state index in [4.69, 9.17) is 15.5 Å². The normalized spacial score (nSPS) is 25.3. The number of nitrogen functional groups attached to an aromatic ring is 1. The van der Waals surface area contributed by atoms with Crippen LogP contribution in [0.2, 0.25) is 0 Å². The molecular formula is C26H35N5O4. The molecule has 5 rings (SSSR count). The number of pyridine rings is 1. The maximum atomic E-state index is 10.6. The Morgan fingerprint density at radius 2 is 1.86 bits per heavy atom. The molecule has 5 N–H and O–H groups in total. The Hall–Kier alpha value is -2.72. The number of anilines is 2. The van der Waals surface area contributed by atoms with Gasteiger partial charge in [0.05, 0.1) is 18.6 Å². The van der Waals surface area contributed by atoms with Crippen LogP contribution >= 0.6 is 0 Å². The number of nitrogens with two attached hydrogens (primary N) is 1. The summed E-state index contributed by atoms with van der Waals surface area (Å²) in [5.41, 5.74) is 9.09. The maximum absolute atomic E-state index is 10.6. The molecule has 0 amide bonds. The quantitative estimate of drug-likeness (QED) is 0.386. The van der Waals surface area contributed by atoms with Crippen molar-refractivity contribution in [3.05, 3.63) is 48.3 Å². The number of ether oxygens (including phenoxy) is 1. The van der Waals surface area contributed by atoms with Gasteiger partial charge in [-0.15, -0.1) is 0 Å². The van der Waals surface area contributed by atoms with Crippen LogP contribution in [0.3, 0.4) is 0 Å². The molecule has 0 radical (unpaired) electrons. The first-order valence-electron chi connectivity index (χ1n) is 12.6. The van der Waals surface area contributed by atoms with Gasteiger partial charge in [0.1, 0.15) is 29.6 Å². The van der Waals surface area contributed by atoms with Gasteiger partial charge in [0.25, 0.3) is 0 Å². The summed E-state index contributed by atoms with van der Waals surface area (Å²) in [6.07, 6.45) is 4.92. The van der Waals surface area contributed by atoms with Gasteiger partial charge in [0, 0.05) is 19.2 Å². The molecule has 9 nitrogen and oxygen atoms in total. The second-order valence-electron chi connectivity index (χ2n) is 9.82. The van der Waals surface area contributed by atoms with Gasteiger partial charge in [-0.25, -0.2) is 9.97 Å². The molecule has 3 heterocycles. The van der Waals surface area contributed by atoms with E-state index in [1.54, 1.807) is 4.57 Å². The minimum atomic E-state index is -1.22. The molecule has 2 aliphatic rings. The van der Waals surface area contributed by atoms with E-state index in [1.807, 2.05) is 24.3 Å². The molecule has 1 aliphatic heterocycles. The van der Waals surface area contributed by atoms with Crippen molar-refractivity contribution in [2.24, 2.45) is 5.92 Å². The summed E-state index contributed by atoms with van der Waals surface area (Å²) in [5, 5.41) is 30.3. The molecule has 0 unspecified atom stereocenters. The maximum Gasteiger partial charge on any atom is 0.166 e. The highest BCUT2D eigenvalue weighted by atomic mass is 16.6. The second-order valence-corrected chi connectivity index (χ2v) is 9.82. The first-order chi connectivity index (χ1) is 17.0. The largest absolute Gasteiger partial charge is 0.397 e. The lowest BCUT2D eigenvalue weighted by molar-refractivity contribution is -0.0511. The first-order valence-corrected chi connectivity index (χ1v) is 12.6. The van der Waals surface area contributed by atoms with E-state index in [0.29, 0.717) is 23.4 Å². The monoisotopic (exact) mass is 481 g/mol. The predicted octanol–water partition coefficient (Wildman–Crippen LogP) is 2.60. The average Bonchev–Trinajstić information content (AvgIpc) is 3.43. The number of benzene rings is 1. The number of nitrogens with zero attached hydrogens (tertiary/aromatic N) is 4. The summed E-state index contributed by atoms with van der Waals surface area (Å²) in [6, 6.07) is 12.2. The van der Waals surface area contributed by atoms with Crippen molar-refractivity contribution in [1.82, 2.24) is 14.5 Å². The molecule has 1 saturated carbocycles. The van der Waals surface area contributed by atoms with Crippen LogP contribution in [0.1, 0.15) is 50.3 Å². The molecule has 9 heteroatoms. The molecule has 0 bridgehead atoms. The van der Waals surface area contributed by atoms with E-state index in [2.05, 4.69) is 22.0 Å². The van der Waals surface area contributed by atoms with Gasteiger partial charge in [-0.2, -0.15) is 0 Å². The smallest absolute Gasteiger partial charge is 0.166 e. The molecule has 0 spiro atoms. The number of hydrogen-bond donors (Lipinski definition) is 4. The number of aliphatic hydroxyl groups excluding tert-OH is 3. The Labute approximate surface area is 205 Å². The highest BCUT2D eigenvalue weighted by molar-refractivity contribution is 5.86. The zero-order chi connectivity index (χ0) is 24.4. The molecule has 188 valence electrons. The van der Waals surface area contributed by atoms with Crippen LogP contribution in [0.4, 0.5) is 11.5 Å². The third kappa shape index (κ3) is 4.99. The van der Waals surface area contributed by atoms with Crippen molar-refractivity contribution in [2.45, 2.75) is 69.6 Å². The fourth-order valence-corrected chi connectivity index (χ4v) is 5.37. The van der Waals surface area contributed by atoms with Gasteiger partial charge in [-0.3, -0.25) is 4.57 Å². The average molecular weight is 482 g/mol. The molecule has 35 heavy (non-hydrogen) atoms. The van der Waals surface area contributed by atoms with E-state index >= 15 is 0 Å². The Bertz CT molecular complexity index is 1120. The zero-order valence-corrected chi connectivity index (χ0v) is 19.9. The van der Waals surface area contributed by atoms with E-state index in [-0.39, 0.29) is 0 Å². The van der Waals surface area contributed by atoms with Gasteiger partial charge in [-0.05, 0) is 17.9 Å². The fourth-order valence-electron chi connectivity index (χ4n) is 5.37. The lowest BCUT2D eigenvalue weighted by Crippen LogP contribution is -2.33. The Kier molecular flexibility index (Phi) is 7.19.